The van der Waals surface area contributed by atoms with Crippen molar-refractivity contribution in [3.63, 3.8) is 0 Å². The van der Waals surface area contributed by atoms with Crippen LogP contribution in [0.3, 0.4) is 0 Å². The van der Waals surface area contributed by atoms with Crippen LogP contribution in [0.2, 0.25) is 0 Å². The van der Waals surface area contributed by atoms with Crippen LogP contribution >= 0.6 is 0 Å². The van der Waals surface area contributed by atoms with Crippen LogP contribution in [-0.4, -0.2) is 29.1 Å². The summed E-state index contributed by atoms with van der Waals surface area (Å²) in [6, 6.07) is 12.7. The molecule has 0 radical (unpaired) electrons. The molecule has 0 spiro atoms. The Hall–Kier alpha value is -1.94. The van der Waals surface area contributed by atoms with Crippen LogP contribution in [-0.2, 0) is 0 Å². The smallest absolute Gasteiger partial charge is 0.161 e. The van der Waals surface area contributed by atoms with Crippen LogP contribution in [0.1, 0.15) is 18.5 Å². The molecule has 2 aromatic rings. The van der Waals surface area contributed by atoms with Gasteiger partial charge in [0, 0.05) is 23.4 Å². The van der Waals surface area contributed by atoms with E-state index in [0.29, 0.717) is 6.04 Å². The number of nitrogens with one attached hydrogen (secondary N) is 2. The fourth-order valence-electron chi connectivity index (χ4n) is 2.53. The number of hydrogen-bond donors (Lipinski definition) is 2. The van der Waals surface area contributed by atoms with Gasteiger partial charge < -0.3 is 10.6 Å². The number of hydrogen-bond acceptors (Lipinski definition) is 4. The first kappa shape index (κ1) is 13.1. The molecule has 3 rings (SSSR count). The molecule has 1 aromatic carbocycles. The van der Waals surface area contributed by atoms with E-state index in [9.17, 15) is 0 Å². The first-order valence-electron chi connectivity index (χ1n) is 7.19. The molecule has 0 amide bonds. The number of piperidine rings is 1. The van der Waals surface area contributed by atoms with Gasteiger partial charge in [0.2, 0.25) is 0 Å². The van der Waals surface area contributed by atoms with E-state index < -0.39 is 0 Å². The monoisotopic (exact) mass is 268 g/mol. The second-order valence-corrected chi connectivity index (χ2v) is 5.25. The lowest BCUT2D eigenvalue weighted by Gasteiger charge is -2.24. The van der Waals surface area contributed by atoms with Crippen LogP contribution in [0.15, 0.2) is 36.4 Å². The van der Waals surface area contributed by atoms with Crippen LogP contribution in [0, 0.1) is 6.92 Å². The van der Waals surface area contributed by atoms with Crippen LogP contribution < -0.4 is 10.6 Å². The minimum Gasteiger partial charge on any atom is -0.367 e. The Balaban J connectivity index is 1.83. The molecule has 0 aliphatic carbocycles. The average molecular weight is 268 g/mol. The van der Waals surface area contributed by atoms with E-state index in [2.05, 4.69) is 20.6 Å². The number of anilines is 1. The number of nitrogens with zero attached hydrogens (tertiary/aromatic N) is 2. The summed E-state index contributed by atoms with van der Waals surface area (Å²) in [5.74, 6) is 1.73. The van der Waals surface area contributed by atoms with Gasteiger partial charge in [-0.05, 0) is 32.9 Å². The van der Waals surface area contributed by atoms with E-state index in [4.69, 9.17) is 0 Å². The quantitative estimate of drug-likeness (QED) is 0.898. The molecule has 4 heteroatoms. The Morgan fingerprint density at radius 2 is 1.85 bits per heavy atom. The maximum absolute atomic E-state index is 4.66. The highest BCUT2D eigenvalue weighted by Crippen LogP contribution is 2.19. The fourth-order valence-corrected chi connectivity index (χ4v) is 2.53. The summed E-state index contributed by atoms with van der Waals surface area (Å²) in [5.41, 5.74) is 2.06. The molecule has 1 aliphatic rings. The van der Waals surface area contributed by atoms with Gasteiger partial charge in [-0.25, -0.2) is 9.97 Å². The van der Waals surface area contributed by atoms with Gasteiger partial charge in [0.05, 0.1) is 0 Å². The maximum atomic E-state index is 4.66. The van der Waals surface area contributed by atoms with Crippen molar-refractivity contribution in [3.8, 4) is 11.4 Å². The fraction of sp³-hybridized carbons (Fsp3) is 0.375. The zero-order valence-electron chi connectivity index (χ0n) is 11.8. The molecule has 20 heavy (non-hydrogen) atoms. The second kappa shape index (κ2) is 6.01. The van der Waals surface area contributed by atoms with Gasteiger partial charge in [-0.15, -0.1) is 0 Å². The molecule has 1 fully saturated rings. The zero-order valence-corrected chi connectivity index (χ0v) is 11.8. The minimum absolute atomic E-state index is 0.508. The topological polar surface area (TPSA) is 49.8 Å². The number of aromatic nitrogens is 2. The lowest BCUT2D eigenvalue weighted by atomic mass is 10.1. The first-order chi connectivity index (χ1) is 9.81. The second-order valence-electron chi connectivity index (χ2n) is 5.25. The van der Waals surface area contributed by atoms with Gasteiger partial charge in [-0.3, -0.25) is 0 Å². The van der Waals surface area contributed by atoms with Crippen LogP contribution in [0.25, 0.3) is 11.4 Å². The molecule has 2 heterocycles. The third-order valence-electron chi connectivity index (χ3n) is 3.58. The number of aryl methyl sites for hydroxylation is 1. The van der Waals surface area contributed by atoms with E-state index in [0.717, 1.165) is 48.8 Å². The highest BCUT2D eigenvalue weighted by molar-refractivity contribution is 5.57. The van der Waals surface area contributed by atoms with E-state index in [1.54, 1.807) is 0 Å². The predicted molar refractivity (Wildman–Crippen MR) is 81.7 cm³/mol. The van der Waals surface area contributed by atoms with Crippen molar-refractivity contribution < 1.29 is 0 Å². The van der Waals surface area contributed by atoms with Crippen molar-refractivity contribution in [2.24, 2.45) is 0 Å². The maximum Gasteiger partial charge on any atom is 0.161 e. The van der Waals surface area contributed by atoms with Crippen molar-refractivity contribution in [2.75, 3.05) is 18.4 Å². The van der Waals surface area contributed by atoms with Crippen molar-refractivity contribution in [2.45, 2.75) is 25.8 Å². The third kappa shape index (κ3) is 3.14. The van der Waals surface area contributed by atoms with E-state index >= 15 is 0 Å². The Morgan fingerprint density at radius 1 is 1.10 bits per heavy atom. The SMILES string of the molecule is Cc1cc(NC2CCNCC2)nc(-c2ccccc2)n1. The third-order valence-corrected chi connectivity index (χ3v) is 3.58. The van der Waals surface area contributed by atoms with E-state index in [1.807, 2.05) is 43.3 Å². The lowest BCUT2D eigenvalue weighted by molar-refractivity contribution is 0.478. The summed E-state index contributed by atoms with van der Waals surface area (Å²) in [6.07, 6.45) is 2.29. The Labute approximate surface area is 119 Å². The molecule has 2 N–H and O–H groups in total. The molecule has 1 aliphatic heterocycles. The van der Waals surface area contributed by atoms with Gasteiger partial charge in [0.1, 0.15) is 5.82 Å². The molecule has 104 valence electrons. The average Bonchev–Trinajstić information content (AvgIpc) is 2.49. The van der Waals surface area contributed by atoms with Gasteiger partial charge in [0.15, 0.2) is 5.82 Å². The van der Waals surface area contributed by atoms with Crippen LogP contribution in [0.4, 0.5) is 5.82 Å². The molecule has 0 bridgehead atoms. The Bertz CT molecular complexity index is 562. The molecule has 4 nitrogen and oxygen atoms in total. The van der Waals surface area contributed by atoms with Gasteiger partial charge in [-0.2, -0.15) is 0 Å². The highest BCUT2D eigenvalue weighted by atomic mass is 15.1. The summed E-state index contributed by atoms with van der Waals surface area (Å²) >= 11 is 0. The first-order valence-corrected chi connectivity index (χ1v) is 7.19. The predicted octanol–water partition coefficient (Wildman–Crippen LogP) is 2.62. The molecular formula is C16H20N4. The minimum atomic E-state index is 0.508. The van der Waals surface area contributed by atoms with Crippen molar-refractivity contribution in [3.05, 3.63) is 42.1 Å². The van der Waals surface area contributed by atoms with Gasteiger partial charge in [-0.1, -0.05) is 30.3 Å². The normalized spacial score (nSPS) is 16.1. The standard InChI is InChI=1S/C16H20N4/c1-12-11-15(19-14-7-9-17-10-8-14)20-16(18-12)13-5-3-2-4-6-13/h2-6,11,14,17H,7-10H2,1H3,(H,18,19,20). The summed E-state index contributed by atoms with van der Waals surface area (Å²) < 4.78 is 0. The van der Waals surface area contributed by atoms with Crippen molar-refractivity contribution in [1.82, 2.24) is 15.3 Å². The number of benzene rings is 1. The number of rotatable bonds is 3. The summed E-state index contributed by atoms with van der Waals surface area (Å²) in [4.78, 5) is 9.19. The Morgan fingerprint density at radius 3 is 2.60 bits per heavy atom. The molecule has 0 unspecified atom stereocenters. The molecule has 1 saturated heterocycles. The molecular weight excluding hydrogens is 248 g/mol. The lowest BCUT2D eigenvalue weighted by Crippen LogP contribution is -2.35. The molecule has 0 atom stereocenters. The summed E-state index contributed by atoms with van der Waals surface area (Å²) in [6.45, 7) is 4.17. The van der Waals surface area contributed by atoms with Crippen LogP contribution in [0.5, 0.6) is 0 Å². The molecule has 0 saturated carbocycles. The zero-order chi connectivity index (χ0) is 13.8. The highest BCUT2D eigenvalue weighted by Gasteiger charge is 2.14. The molecule has 1 aromatic heterocycles. The largest absolute Gasteiger partial charge is 0.367 e. The van der Waals surface area contributed by atoms with E-state index in [-0.39, 0.29) is 0 Å². The van der Waals surface area contributed by atoms with Gasteiger partial charge >= 0.3 is 0 Å². The summed E-state index contributed by atoms with van der Waals surface area (Å²) in [5, 5.41) is 6.92. The van der Waals surface area contributed by atoms with Crippen molar-refractivity contribution in [1.29, 1.82) is 0 Å². The van der Waals surface area contributed by atoms with Crippen molar-refractivity contribution >= 4 is 5.82 Å². The summed E-state index contributed by atoms with van der Waals surface area (Å²) in [7, 11) is 0. The Kier molecular flexibility index (Phi) is 3.92. The van der Waals surface area contributed by atoms with Gasteiger partial charge in [0.25, 0.3) is 0 Å². The van der Waals surface area contributed by atoms with E-state index in [1.165, 1.54) is 0 Å².